The van der Waals surface area contributed by atoms with Gasteiger partial charge in [-0.2, -0.15) is 0 Å². The van der Waals surface area contributed by atoms with Crippen molar-refractivity contribution >= 4 is 23.3 Å². The van der Waals surface area contributed by atoms with E-state index < -0.39 is 17.6 Å². The van der Waals surface area contributed by atoms with Crippen molar-refractivity contribution in [1.82, 2.24) is 5.27 Å². The van der Waals surface area contributed by atoms with Crippen LogP contribution in [0.1, 0.15) is 21.6 Å². The fourth-order valence-corrected chi connectivity index (χ4v) is 2.54. The molecule has 0 fully saturated rings. The van der Waals surface area contributed by atoms with Gasteiger partial charge in [0.15, 0.2) is 5.95 Å². The molecule has 0 atom stereocenters. The van der Waals surface area contributed by atoms with Gasteiger partial charge >= 0.3 is 5.69 Å². The third-order valence-corrected chi connectivity index (χ3v) is 3.88. The molecule has 7 nitrogen and oxygen atoms in total. The molecule has 1 heterocycles. The maximum Gasteiger partial charge on any atom is 0.338 e. The zero-order chi connectivity index (χ0) is 18.5. The second kappa shape index (κ2) is 7.79. The topological polar surface area (TPSA) is 90.3 Å². The molecule has 0 unspecified atom stereocenters. The molecule has 0 N–H and O–H groups in total. The van der Waals surface area contributed by atoms with E-state index in [-0.39, 0.29) is 23.7 Å². The first-order valence-electron chi connectivity index (χ1n) is 7.71. The Morgan fingerprint density at radius 3 is 2.31 bits per heavy atom. The van der Waals surface area contributed by atoms with Crippen molar-refractivity contribution in [3.05, 3.63) is 77.5 Å². The lowest BCUT2D eigenvalue weighted by Gasteiger charge is -2.12. The smallest absolute Gasteiger partial charge is 0.338 e. The van der Waals surface area contributed by atoms with Crippen LogP contribution in [0.4, 0.5) is 0 Å². The molecule has 8 heteroatoms. The largest absolute Gasteiger partial charge is 0.538 e. The Morgan fingerprint density at radius 2 is 1.69 bits per heavy atom. The lowest BCUT2D eigenvalue weighted by molar-refractivity contribution is -0.752. The molecular formula is C18H14ClN3O4. The van der Waals surface area contributed by atoms with E-state index in [1.807, 2.05) is 6.07 Å². The summed E-state index contributed by atoms with van der Waals surface area (Å²) in [5.74, 6) is -2.41. The minimum Gasteiger partial charge on any atom is -0.538 e. The Bertz CT molecular complexity index is 913. The molecule has 0 aliphatic rings. The Balaban J connectivity index is 2.03. The molecule has 0 bridgehead atoms. The minimum atomic E-state index is -0.931. The molecule has 0 spiro atoms. The number of benzene rings is 2. The molecule has 0 aliphatic carbocycles. The van der Waals surface area contributed by atoms with Crippen LogP contribution in [0.2, 0.25) is 0 Å². The molecule has 3 aromatic rings. The summed E-state index contributed by atoms with van der Waals surface area (Å²) in [6.45, 7) is 0.0676. The van der Waals surface area contributed by atoms with Crippen LogP contribution in [0, 0.1) is 0 Å². The van der Waals surface area contributed by atoms with Crippen LogP contribution < -0.4 is 14.9 Å². The normalized spacial score (nSPS) is 10.5. The van der Waals surface area contributed by atoms with Crippen molar-refractivity contribution in [3.8, 4) is 5.95 Å². The summed E-state index contributed by atoms with van der Waals surface area (Å²) in [5.41, 5.74) is 0.678. The number of alkyl halides is 1. The van der Waals surface area contributed by atoms with Crippen LogP contribution in [0.3, 0.4) is 0 Å². The van der Waals surface area contributed by atoms with Crippen molar-refractivity contribution in [2.24, 2.45) is 0 Å². The SMILES string of the molecule is O=C(c1ccccc1)c1c([O-])on[n+]1N(Cc1ccccc1)C(=O)CCl. The van der Waals surface area contributed by atoms with Gasteiger partial charge in [-0.15, -0.1) is 11.6 Å². The Labute approximate surface area is 154 Å². The molecular weight excluding hydrogens is 358 g/mol. The van der Waals surface area contributed by atoms with Crippen LogP contribution in [-0.4, -0.2) is 22.8 Å². The van der Waals surface area contributed by atoms with Crippen molar-refractivity contribution in [2.75, 3.05) is 10.9 Å². The summed E-state index contributed by atoms with van der Waals surface area (Å²) in [4.78, 5) is 25.9. The van der Waals surface area contributed by atoms with Crippen molar-refractivity contribution in [3.63, 3.8) is 0 Å². The summed E-state index contributed by atoms with van der Waals surface area (Å²) < 4.78 is 4.65. The first-order valence-corrected chi connectivity index (χ1v) is 8.24. The van der Waals surface area contributed by atoms with Crippen molar-refractivity contribution < 1.29 is 24.0 Å². The Hall–Kier alpha value is -3.19. The fourth-order valence-electron chi connectivity index (χ4n) is 2.40. The molecule has 1 aromatic heterocycles. The second-order valence-corrected chi connectivity index (χ2v) is 5.63. The molecule has 132 valence electrons. The highest BCUT2D eigenvalue weighted by atomic mass is 35.5. The van der Waals surface area contributed by atoms with E-state index in [1.165, 1.54) is 0 Å². The average Bonchev–Trinajstić information content (AvgIpc) is 3.07. The molecule has 1 amide bonds. The van der Waals surface area contributed by atoms with E-state index in [9.17, 15) is 14.7 Å². The number of aromatic nitrogens is 2. The number of amides is 1. The van der Waals surface area contributed by atoms with Gasteiger partial charge < -0.3 is 9.63 Å². The first kappa shape index (κ1) is 17.6. The van der Waals surface area contributed by atoms with E-state index >= 15 is 0 Å². The molecule has 0 aliphatic heterocycles. The highest BCUT2D eigenvalue weighted by Gasteiger charge is 2.35. The van der Waals surface area contributed by atoms with E-state index in [1.54, 1.807) is 54.6 Å². The summed E-state index contributed by atoms with van der Waals surface area (Å²) in [5, 5.41) is 16.8. The first-order chi connectivity index (χ1) is 12.6. The fraction of sp³-hybridized carbons (Fsp3) is 0.111. The summed E-state index contributed by atoms with van der Waals surface area (Å²) in [7, 11) is 0. The second-order valence-electron chi connectivity index (χ2n) is 5.36. The van der Waals surface area contributed by atoms with Crippen LogP contribution in [0.15, 0.2) is 65.2 Å². The lowest BCUT2D eigenvalue weighted by Crippen LogP contribution is -2.64. The Morgan fingerprint density at radius 1 is 1.08 bits per heavy atom. The monoisotopic (exact) mass is 371 g/mol. The quantitative estimate of drug-likeness (QED) is 0.368. The number of hydrogen-bond donors (Lipinski definition) is 0. The van der Waals surface area contributed by atoms with Gasteiger partial charge in [-0.25, -0.2) is 0 Å². The van der Waals surface area contributed by atoms with Gasteiger partial charge in [0.05, 0.1) is 4.79 Å². The summed E-state index contributed by atoms with van der Waals surface area (Å²) >= 11 is 5.69. The molecule has 2 aromatic carbocycles. The van der Waals surface area contributed by atoms with Crippen LogP contribution in [-0.2, 0) is 11.3 Å². The molecule has 3 rings (SSSR count). The van der Waals surface area contributed by atoms with E-state index in [0.29, 0.717) is 0 Å². The van der Waals surface area contributed by atoms with Gasteiger partial charge in [0.25, 0.3) is 11.7 Å². The number of carbonyl (C=O) groups is 2. The highest BCUT2D eigenvalue weighted by molar-refractivity contribution is 6.28. The van der Waals surface area contributed by atoms with Crippen molar-refractivity contribution in [1.29, 1.82) is 0 Å². The lowest BCUT2D eigenvalue weighted by atomic mass is 10.1. The predicted octanol–water partition coefficient (Wildman–Crippen LogP) is 1.17. The predicted molar refractivity (Wildman–Crippen MR) is 90.1 cm³/mol. The highest BCUT2D eigenvalue weighted by Crippen LogP contribution is 2.14. The molecule has 0 saturated heterocycles. The Kier molecular flexibility index (Phi) is 5.28. The number of halogens is 1. The third-order valence-electron chi connectivity index (χ3n) is 3.65. The summed E-state index contributed by atoms with van der Waals surface area (Å²) in [6.07, 6.45) is 0. The summed E-state index contributed by atoms with van der Waals surface area (Å²) in [6, 6.07) is 17.2. The van der Waals surface area contributed by atoms with Gasteiger partial charge in [0.1, 0.15) is 17.7 Å². The third kappa shape index (κ3) is 3.57. The van der Waals surface area contributed by atoms with E-state index in [2.05, 4.69) is 9.79 Å². The number of nitrogens with zero attached hydrogens (tertiary/aromatic N) is 3. The van der Waals surface area contributed by atoms with Gasteiger partial charge in [-0.1, -0.05) is 65.7 Å². The van der Waals surface area contributed by atoms with Crippen LogP contribution in [0.25, 0.3) is 0 Å². The van der Waals surface area contributed by atoms with Crippen LogP contribution in [0.5, 0.6) is 5.95 Å². The number of hydrogen-bond acceptors (Lipinski definition) is 5. The number of rotatable bonds is 6. The number of ketones is 1. The van der Waals surface area contributed by atoms with Gasteiger partial charge in [-0.3, -0.25) is 9.59 Å². The van der Waals surface area contributed by atoms with Gasteiger partial charge in [0, 0.05) is 5.56 Å². The van der Waals surface area contributed by atoms with Gasteiger partial charge in [0.2, 0.25) is 0 Å². The molecule has 0 saturated carbocycles. The maximum atomic E-state index is 12.7. The van der Waals surface area contributed by atoms with E-state index in [0.717, 1.165) is 15.4 Å². The number of carbonyl (C=O) groups excluding carboxylic acids is 2. The van der Waals surface area contributed by atoms with E-state index in [4.69, 9.17) is 11.6 Å². The van der Waals surface area contributed by atoms with Gasteiger partial charge in [-0.05, 0) is 5.56 Å². The zero-order valence-corrected chi connectivity index (χ0v) is 14.3. The minimum absolute atomic E-state index is 0.0676. The zero-order valence-electron chi connectivity index (χ0n) is 13.5. The molecule has 26 heavy (non-hydrogen) atoms. The molecule has 0 radical (unpaired) electrons. The van der Waals surface area contributed by atoms with Crippen molar-refractivity contribution in [2.45, 2.75) is 6.54 Å². The average molecular weight is 372 g/mol. The maximum absolute atomic E-state index is 12.7. The van der Waals surface area contributed by atoms with Crippen LogP contribution >= 0.6 is 11.6 Å². The standard InChI is InChI=1S/C18H14ClN3O4/c19-11-15(23)21(12-13-7-3-1-4-8-13)22-16(18(25)26-20-22)17(24)14-9-5-2-6-10-14/h1-10H,11-12H2.